The lowest BCUT2D eigenvalue weighted by Gasteiger charge is -2.38. The molecule has 1 aromatic carbocycles. The van der Waals surface area contributed by atoms with Crippen molar-refractivity contribution in [2.75, 3.05) is 20.3 Å². The largest absolute Gasteiger partial charge is 0.496 e. The summed E-state index contributed by atoms with van der Waals surface area (Å²) in [4.78, 5) is 4.17. The number of hydrogen-bond acceptors (Lipinski definition) is 4. The maximum absolute atomic E-state index is 5.98. The van der Waals surface area contributed by atoms with Crippen LogP contribution in [0.3, 0.4) is 0 Å². The Hall–Kier alpha value is -1.91. The van der Waals surface area contributed by atoms with Gasteiger partial charge in [0.05, 0.1) is 25.9 Å². The third-order valence-corrected chi connectivity index (χ3v) is 3.31. The second-order valence-electron chi connectivity index (χ2n) is 4.47. The summed E-state index contributed by atoms with van der Waals surface area (Å²) in [7, 11) is 1.64. The summed E-state index contributed by atoms with van der Waals surface area (Å²) in [6.45, 7) is 1.04. The summed E-state index contributed by atoms with van der Waals surface area (Å²) in [5, 5.41) is 0. The zero-order chi connectivity index (χ0) is 13.8. The molecule has 0 bridgehead atoms. The number of nitrogens with zero attached hydrogens (tertiary/aromatic N) is 1. The number of pyridine rings is 1. The average Bonchev–Trinajstić information content (AvgIpc) is 2.56. The van der Waals surface area contributed by atoms with Gasteiger partial charge in [0.1, 0.15) is 5.75 Å². The Bertz CT molecular complexity index is 565. The summed E-state index contributed by atoms with van der Waals surface area (Å²) in [5.74, 6) is -0.228. The van der Waals surface area contributed by atoms with Crippen molar-refractivity contribution < 1.29 is 14.2 Å². The van der Waals surface area contributed by atoms with Crippen LogP contribution < -0.4 is 4.74 Å². The standard InChI is InChI=1S/C16H16NO3/c1-18-15-8-3-2-7-14(15)16(19-10-5-11-20-16)13-6-4-9-17-12-13/h2-9,12H,10-11H2,1H3. The van der Waals surface area contributed by atoms with Crippen LogP contribution in [0.5, 0.6) is 5.75 Å². The molecule has 1 fully saturated rings. The van der Waals surface area contributed by atoms with Gasteiger partial charge >= 0.3 is 0 Å². The van der Waals surface area contributed by atoms with Crippen LogP contribution in [0.2, 0.25) is 0 Å². The van der Waals surface area contributed by atoms with E-state index < -0.39 is 5.79 Å². The average molecular weight is 270 g/mol. The maximum Gasteiger partial charge on any atom is 0.227 e. The SMILES string of the molecule is COc1ccccc1C1(c2cccnc2)OC[CH]CO1. The fourth-order valence-corrected chi connectivity index (χ4v) is 2.39. The first-order chi connectivity index (χ1) is 9.87. The molecule has 1 aliphatic heterocycles. The highest BCUT2D eigenvalue weighted by Crippen LogP contribution is 2.41. The normalized spacial score (nSPS) is 17.6. The number of benzene rings is 1. The molecule has 20 heavy (non-hydrogen) atoms. The molecule has 4 nitrogen and oxygen atoms in total. The van der Waals surface area contributed by atoms with E-state index in [0.29, 0.717) is 13.2 Å². The molecule has 1 aromatic heterocycles. The van der Waals surface area contributed by atoms with E-state index in [4.69, 9.17) is 14.2 Å². The van der Waals surface area contributed by atoms with Gasteiger partial charge in [-0.15, -0.1) is 0 Å². The molecule has 3 rings (SSSR count). The predicted octanol–water partition coefficient (Wildman–Crippen LogP) is 2.54. The lowest BCUT2D eigenvalue weighted by Crippen LogP contribution is -2.39. The first-order valence-corrected chi connectivity index (χ1v) is 6.50. The van der Waals surface area contributed by atoms with Gasteiger partial charge < -0.3 is 14.2 Å². The Labute approximate surface area is 118 Å². The van der Waals surface area contributed by atoms with E-state index in [0.717, 1.165) is 16.9 Å². The molecule has 1 aliphatic rings. The minimum atomic E-state index is -0.963. The van der Waals surface area contributed by atoms with E-state index in [1.165, 1.54) is 0 Å². The topological polar surface area (TPSA) is 40.6 Å². The Morgan fingerprint density at radius 1 is 1.10 bits per heavy atom. The number of para-hydroxylation sites is 1. The molecular weight excluding hydrogens is 254 g/mol. The van der Waals surface area contributed by atoms with Gasteiger partial charge in [0, 0.05) is 24.4 Å². The number of rotatable bonds is 3. The zero-order valence-electron chi connectivity index (χ0n) is 11.3. The van der Waals surface area contributed by atoms with Crippen LogP contribution >= 0.6 is 0 Å². The third-order valence-electron chi connectivity index (χ3n) is 3.31. The summed E-state index contributed by atoms with van der Waals surface area (Å²) in [6.07, 6.45) is 5.44. The van der Waals surface area contributed by atoms with Crippen molar-refractivity contribution in [2.24, 2.45) is 0 Å². The van der Waals surface area contributed by atoms with Crippen molar-refractivity contribution in [3.63, 3.8) is 0 Å². The Morgan fingerprint density at radius 3 is 2.60 bits per heavy atom. The molecule has 2 aromatic rings. The fourth-order valence-electron chi connectivity index (χ4n) is 2.39. The molecule has 1 radical (unpaired) electrons. The van der Waals surface area contributed by atoms with E-state index in [1.807, 2.05) is 42.8 Å². The monoisotopic (exact) mass is 270 g/mol. The molecular formula is C16H16NO3. The minimum Gasteiger partial charge on any atom is -0.496 e. The van der Waals surface area contributed by atoms with Gasteiger partial charge in [-0.3, -0.25) is 4.98 Å². The van der Waals surface area contributed by atoms with E-state index in [2.05, 4.69) is 4.98 Å². The van der Waals surface area contributed by atoms with Crippen molar-refractivity contribution in [3.8, 4) is 5.75 Å². The fraction of sp³-hybridized carbons (Fsp3) is 0.250. The molecule has 4 heteroatoms. The van der Waals surface area contributed by atoms with Crippen LogP contribution in [-0.2, 0) is 15.3 Å². The van der Waals surface area contributed by atoms with Crippen molar-refractivity contribution in [2.45, 2.75) is 5.79 Å². The maximum atomic E-state index is 5.98. The van der Waals surface area contributed by atoms with Crippen LogP contribution in [0, 0.1) is 6.42 Å². The lowest BCUT2D eigenvalue weighted by molar-refractivity contribution is -0.233. The van der Waals surface area contributed by atoms with Gasteiger partial charge in [-0.2, -0.15) is 0 Å². The molecule has 0 unspecified atom stereocenters. The predicted molar refractivity (Wildman–Crippen MR) is 74.2 cm³/mol. The first kappa shape index (κ1) is 13.1. The Kier molecular flexibility index (Phi) is 3.67. The van der Waals surface area contributed by atoms with Gasteiger partial charge in [0.2, 0.25) is 5.79 Å². The minimum absolute atomic E-state index is 0.521. The highest BCUT2D eigenvalue weighted by Gasteiger charge is 2.41. The van der Waals surface area contributed by atoms with Crippen LogP contribution in [-0.4, -0.2) is 25.3 Å². The van der Waals surface area contributed by atoms with E-state index >= 15 is 0 Å². The Morgan fingerprint density at radius 2 is 1.90 bits per heavy atom. The highest BCUT2D eigenvalue weighted by atomic mass is 16.7. The smallest absolute Gasteiger partial charge is 0.227 e. The number of aromatic nitrogens is 1. The van der Waals surface area contributed by atoms with Gasteiger partial charge in [-0.1, -0.05) is 18.2 Å². The van der Waals surface area contributed by atoms with Crippen LogP contribution in [0.15, 0.2) is 48.8 Å². The molecule has 0 saturated carbocycles. The van der Waals surface area contributed by atoms with Crippen molar-refractivity contribution in [3.05, 3.63) is 66.3 Å². The summed E-state index contributed by atoms with van der Waals surface area (Å²) in [6, 6.07) is 11.5. The van der Waals surface area contributed by atoms with Crippen LogP contribution in [0.1, 0.15) is 11.1 Å². The van der Waals surface area contributed by atoms with Gasteiger partial charge in [0.25, 0.3) is 0 Å². The van der Waals surface area contributed by atoms with Gasteiger partial charge in [-0.05, 0) is 18.2 Å². The molecule has 2 heterocycles. The quantitative estimate of drug-likeness (QED) is 0.859. The second kappa shape index (κ2) is 5.61. The van der Waals surface area contributed by atoms with E-state index in [9.17, 15) is 0 Å². The molecule has 0 N–H and O–H groups in total. The summed E-state index contributed by atoms with van der Waals surface area (Å²) < 4.78 is 17.4. The lowest BCUT2D eigenvalue weighted by atomic mass is 9.96. The van der Waals surface area contributed by atoms with Gasteiger partial charge in [0.15, 0.2) is 0 Å². The number of ether oxygens (including phenoxy) is 3. The zero-order valence-corrected chi connectivity index (χ0v) is 11.3. The molecule has 1 saturated heterocycles. The third kappa shape index (κ3) is 2.17. The molecule has 103 valence electrons. The first-order valence-electron chi connectivity index (χ1n) is 6.50. The van der Waals surface area contributed by atoms with Gasteiger partial charge in [-0.25, -0.2) is 0 Å². The highest BCUT2D eigenvalue weighted by molar-refractivity contribution is 5.43. The molecule has 0 aliphatic carbocycles. The molecule has 0 amide bonds. The summed E-state index contributed by atoms with van der Waals surface area (Å²) in [5.41, 5.74) is 1.71. The van der Waals surface area contributed by atoms with Crippen molar-refractivity contribution in [1.82, 2.24) is 4.98 Å². The molecule has 0 spiro atoms. The van der Waals surface area contributed by atoms with Crippen LogP contribution in [0.4, 0.5) is 0 Å². The number of methoxy groups -OCH3 is 1. The Balaban J connectivity index is 2.15. The van der Waals surface area contributed by atoms with Crippen molar-refractivity contribution >= 4 is 0 Å². The van der Waals surface area contributed by atoms with Crippen molar-refractivity contribution in [1.29, 1.82) is 0 Å². The van der Waals surface area contributed by atoms with E-state index in [1.54, 1.807) is 19.5 Å². The van der Waals surface area contributed by atoms with E-state index in [-0.39, 0.29) is 0 Å². The summed E-state index contributed by atoms with van der Waals surface area (Å²) >= 11 is 0. The number of hydrogen-bond donors (Lipinski definition) is 0. The molecule has 0 atom stereocenters. The van der Waals surface area contributed by atoms with Crippen LogP contribution in [0.25, 0.3) is 0 Å². The second-order valence-corrected chi connectivity index (χ2v) is 4.47.